The maximum Gasteiger partial charge on any atom is 0.114 e. The van der Waals surface area contributed by atoms with E-state index in [-0.39, 0.29) is 0 Å². The monoisotopic (exact) mass is 259 g/mol. The van der Waals surface area contributed by atoms with Crippen LogP contribution in [0.25, 0.3) is 0 Å². The molecule has 0 aromatic heterocycles. The van der Waals surface area contributed by atoms with Gasteiger partial charge in [0, 0.05) is 5.75 Å². The summed E-state index contributed by atoms with van der Waals surface area (Å²) in [5, 5.41) is 3.16. The van der Waals surface area contributed by atoms with Crippen molar-refractivity contribution in [3.8, 4) is 0 Å². The molecule has 1 saturated heterocycles. The van der Waals surface area contributed by atoms with Gasteiger partial charge in [-0.3, -0.25) is 0 Å². The Labute approximate surface area is 108 Å². The average Bonchev–Trinajstić information content (AvgIpc) is 2.91. The molecule has 2 aromatic rings. The third-order valence-electron chi connectivity index (χ3n) is 3.43. The summed E-state index contributed by atoms with van der Waals surface area (Å²) in [5.74, 6) is 1.32. The first-order valence-electron chi connectivity index (χ1n) is 5.98. The van der Waals surface area contributed by atoms with Crippen molar-refractivity contribution in [3.63, 3.8) is 0 Å². The fourth-order valence-corrected chi connectivity index (χ4v) is 10.0. The highest BCUT2D eigenvalue weighted by atomic mass is 32.2. The lowest BCUT2D eigenvalue weighted by atomic mass is 10.4. The number of hydrogen-bond acceptors (Lipinski definition) is 1. The number of rotatable bonds is 2. The van der Waals surface area contributed by atoms with Gasteiger partial charge >= 0.3 is 0 Å². The predicted octanol–water partition coefficient (Wildman–Crippen LogP) is 3.36. The Bertz CT molecular complexity index is 433. The lowest BCUT2D eigenvalue weighted by Crippen LogP contribution is -2.23. The smallest absolute Gasteiger partial charge is 0.114 e. The minimum Gasteiger partial charge on any atom is -0.117 e. The molecule has 17 heavy (non-hydrogen) atoms. The maximum atomic E-state index is 2.33. The number of benzene rings is 2. The number of thioether (sulfide) groups is 1. The van der Waals surface area contributed by atoms with Gasteiger partial charge in [0.2, 0.25) is 0 Å². The van der Waals surface area contributed by atoms with Crippen LogP contribution in [0.15, 0.2) is 60.7 Å². The Morgan fingerprint density at radius 1 is 0.765 bits per heavy atom. The molecular weight excluding hydrogens is 243 g/mol. The van der Waals surface area contributed by atoms with E-state index in [0.29, 0.717) is 0 Å². The van der Waals surface area contributed by atoms with E-state index in [0.717, 1.165) is 0 Å². The van der Waals surface area contributed by atoms with Crippen LogP contribution in [0.1, 0.15) is 0 Å². The molecule has 2 aromatic carbocycles. The van der Waals surface area contributed by atoms with Crippen LogP contribution in [0.3, 0.4) is 0 Å². The van der Waals surface area contributed by atoms with Gasteiger partial charge in [-0.05, 0) is 24.3 Å². The summed E-state index contributed by atoms with van der Waals surface area (Å²) in [6.45, 7) is 0. The quantitative estimate of drug-likeness (QED) is 0.745. The molecule has 1 heterocycles. The number of hydrogen-bond donors (Lipinski definition) is 0. The van der Waals surface area contributed by atoms with Crippen LogP contribution in [0.2, 0.25) is 0 Å². The zero-order chi connectivity index (χ0) is 11.6. The third-order valence-corrected chi connectivity index (χ3v) is 10.3. The Morgan fingerprint density at radius 2 is 1.29 bits per heavy atom. The summed E-state index contributed by atoms with van der Waals surface area (Å²) in [4.78, 5) is 0. The van der Waals surface area contributed by atoms with Gasteiger partial charge in [-0.25, -0.2) is 0 Å². The van der Waals surface area contributed by atoms with Gasteiger partial charge in [0.15, 0.2) is 0 Å². The summed E-state index contributed by atoms with van der Waals surface area (Å²) >= 11 is 2.12. The minimum atomic E-state index is -1.09. The second-order valence-corrected chi connectivity index (χ2v) is 9.66. The second-order valence-electron chi connectivity index (χ2n) is 4.40. The van der Waals surface area contributed by atoms with E-state index in [2.05, 4.69) is 72.4 Å². The summed E-state index contributed by atoms with van der Waals surface area (Å²) in [6.07, 6.45) is 1.37. The lowest BCUT2D eigenvalue weighted by Gasteiger charge is -2.21. The molecule has 1 aliphatic rings. The van der Waals surface area contributed by atoms with Gasteiger partial charge in [-0.15, -0.1) is 11.8 Å². The first-order valence-corrected chi connectivity index (χ1v) is 9.29. The Hall–Kier alpha value is -0.780. The van der Waals surface area contributed by atoms with Crippen LogP contribution in [-0.2, 0) is 0 Å². The largest absolute Gasteiger partial charge is 0.117 e. The first kappa shape index (κ1) is 11.3. The summed E-state index contributed by atoms with van der Waals surface area (Å²) < 4.78 is 0. The average molecular weight is 259 g/mol. The van der Waals surface area contributed by atoms with Crippen molar-refractivity contribution in [3.05, 3.63) is 60.7 Å². The lowest BCUT2D eigenvalue weighted by molar-refractivity contribution is 1.54. The predicted molar refractivity (Wildman–Crippen MR) is 81.3 cm³/mol. The van der Waals surface area contributed by atoms with E-state index in [9.17, 15) is 0 Å². The molecule has 0 N–H and O–H groups in total. The van der Waals surface area contributed by atoms with Gasteiger partial charge in [0.1, 0.15) is 16.1 Å². The van der Waals surface area contributed by atoms with Crippen LogP contribution < -0.4 is 10.6 Å². The third kappa shape index (κ3) is 2.03. The Kier molecular flexibility index (Phi) is 3.22. The van der Waals surface area contributed by atoms with Gasteiger partial charge in [-0.2, -0.15) is 0 Å². The van der Waals surface area contributed by atoms with E-state index in [1.54, 1.807) is 10.6 Å². The van der Waals surface area contributed by atoms with E-state index in [4.69, 9.17) is 0 Å². The first-order chi connectivity index (χ1) is 8.42. The van der Waals surface area contributed by atoms with E-state index >= 15 is 0 Å². The van der Waals surface area contributed by atoms with Crippen molar-refractivity contribution >= 4 is 29.6 Å². The molecule has 1 aliphatic heterocycles. The molecule has 0 bridgehead atoms. The highest BCUT2D eigenvalue weighted by Crippen LogP contribution is 2.62. The molecule has 0 amide bonds. The summed E-state index contributed by atoms with van der Waals surface area (Å²) in [6, 6.07) is 22.3. The fourth-order valence-electron chi connectivity index (χ4n) is 2.49. The van der Waals surface area contributed by atoms with Crippen LogP contribution in [0.5, 0.6) is 0 Å². The second kappa shape index (κ2) is 4.84. The van der Waals surface area contributed by atoms with Gasteiger partial charge in [0.25, 0.3) is 0 Å². The molecule has 2 heteroatoms. The molecule has 1 fully saturated rings. The fraction of sp³-hybridized carbons (Fsp3) is 0.200. The molecular formula is C15H16PS+. The molecule has 0 spiro atoms. The van der Waals surface area contributed by atoms with Crippen molar-refractivity contribution in [2.75, 3.05) is 17.4 Å². The molecule has 0 saturated carbocycles. The molecule has 0 atom stereocenters. The topological polar surface area (TPSA) is 0 Å². The maximum absolute atomic E-state index is 2.33. The zero-order valence-electron chi connectivity index (χ0n) is 9.75. The van der Waals surface area contributed by atoms with E-state index < -0.39 is 7.26 Å². The van der Waals surface area contributed by atoms with E-state index in [1.165, 1.54) is 17.4 Å². The molecule has 0 radical (unpaired) electrons. The zero-order valence-corrected chi connectivity index (χ0v) is 11.5. The Balaban J connectivity index is 2.11. The highest BCUT2D eigenvalue weighted by Gasteiger charge is 2.45. The van der Waals surface area contributed by atoms with Gasteiger partial charge in [0.05, 0.1) is 13.4 Å². The van der Waals surface area contributed by atoms with Crippen molar-refractivity contribution in [1.29, 1.82) is 0 Å². The molecule has 0 aliphatic carbocycles. The van der Waals surface area contributed by atoms with Crippen LogP contribution >= 0.6 is 19.0 Å². The molecule has 3 rings (SSSR count). The molecule has 0 nitrogen and oxygen atoms in total. The Morgan fingerprint density at radius 3 is 1.71 bits per heavy atom. The van der Waals surface area contributed by atoms with Crippen LogP contribution in [-0.4, -0.2) is 17.4 Å². The van der Waals surface area contributed by atoms with Crippen LogP contribution in [0, 0.1) is 0 Å². The van der Waals surface area contributed by atoms with E-state index in [1.807, 2.05) is 0 Å². The normalized spacial score (nSPS) is 18.1. The van der Waals surface area contributed by atoms with Crippen molar-refractivity contribution in [2.24, 2.45) is 0 Å². The SMILES string of the molecule is c1ccc([P+]2(c3ccccc3)CCSC2)cc1. The highest BCUT2D eigenvalue weighted by molar-refractivity contribution is 8.13. The van der Waals surface area contributed by atoms with Crippen LogP contribution in [0.4, 0.5) is 0 Å². The minimum absolute atomic E-state index is 1.09. The van der Waals surface area contributed by atoms with Crippen molar-refractivity contribution in [1.82, 2.24) is 0 Å². The molecule has 86 valence electrons. The summed E-state index contributed by atoms with van der Waals surface area (Å²) in [7, 11) is -1.09. The summed E-state index contributed by atoms with van der Waals surface area (Å²) in [5.41, 5.74) is 1.32. The molecule has 0 unspecified atom stereocenters. The van der Waals surface area contributed by atoms with Crippen molar-refractivity contribution in [2.45, 2.75) is 0 Å². The van der Waals surface area contributed by atoms with Crippen molar-refractivity contribution < 1.29 is 0 Å². The van der Waals surface area contributed by atoms with Gasteiger partial charge in [-0.1, -0.05) is 36.4 Å². The standard InChI is InChI=1S/C15H16PS/c1-3-7-14(8-4-1)16(11-12-17-13-16)15-9-5-2-6-10-15/h1-10H,11-13H2/q+1. The van der Waals surface area contributed by atoms with Gasteiger partial charge < -0.3 is 0 Å².